The zero-order valence-corrected chi connectivity index (χ0v) is 15.5. The van der Waals surface area contributed by atoms with Gasteiger partial charge < -0.3 is 0 Å². The molecule has 1 heterocycles. The molecule has 1 aliphatic rings. The Morgan fingerprint density at radius 1 is 1.25 bits per heavy atom. The van der Waals surface area contributed by atoms with Crippen LogP contribution in [0.25, 0.3) is 5.57 Å². The van der Waals surface area contributed by atoms with Crippen molar-refractivity contribution >= 4 is 32.5 Å². The highest BCUT2D eigenvalue weighted by Gasteiger charge is 2.17. The molecule has 0 unspecified atom stereocenters. The van der Waals surface area contributed by atoms with E-state index in [4.69, 9.17) is 0 Å². The molecule has 0 aromatic heterocycles. The van der Waals surface area contributed by atoms with E-state index in [2.05, 4.69) is 15.5 Å². The standard InChI is InChI=1S/C15H14N2O3S2.C2H6/c1-2-10-22(18,19)20-17-15-9-8-14(21-15)13(11-16)12-6-4-3-5-7-12;1-2/h3-9H,2,10H2,1H3;1-2H3. The van der Waals surface area contributed by atoms with Crippen molar-refractivity contribution in [1.82, 2.24) is 0 Å². The van der Waals surface area contributed by atoms with Gasteiger partial charge in [-0.3, -0.25) is 4.28 Å². The SMILES string of the molecule is CC.CCCS(=O)(=O)ON=C1C=CC(=C(C#N)c2ccccc2)S1. The number of hydrogen-bond donors (Lipinski definition) is 0. The first kappa shape index (κ1) is 20.0. The molecule has 1 aliphatic heterocycles. The van der Waals surface area contributed by atoms with E-state index < -0.39 is 10.1 Å². The van der Waals surface area contributed by atoms with Crippen LogP contribution in [0.3, 0.4) is 0 Å². The highest BCUT2D eigenvalue weighted by atomic mass is 32.2. The minimum atomic E-state index is -3.63. The second-order valence-electron chi connectivity index (χ2n) is 4.42. The molecule has 0 saturated heterocycles. The lowest BCUT2D eigenvalue weighted by Crippen LogP contribution is -2.06. The summed E-state index contributed by atoms with van der Waals surface area (Å²) in [6.07, 6.45) is 3.82. The van der Waals surface area contributed by atoms with Crippen molar-refractivity contribution < 1.29 is 12.7 Å². The van der Waals surface area contributed by atoms with Gasteiger partial charge in [0.1, 0.15) is 11.1 Å². The van der Waals surface area contributed by atoms with Crippen LogP contribution in [-0.4, -0.2) is 19.2 Å². The summed E-state index contributed by atoms with van der Waals surface area (Å²) in [4.78, 5) is 0.712. The zero-order chi connectivity index (χ0) is 18.0. The Bertz CT molecular complexity index is 774. The molecular formula is C17H20N2O3S2. The summed E-state index contributed by atoms with van der Waals surface area (Å²) < 4.78 is 27.5. The van der Waals surface area contributed by atoms with Crippen LogP contribution in [0.5, 0.6) is 0 Å². The van der Waals surface area contributed by atoms with Gasteiger partial charge in [-0.15, -0.1) is 0 Å². The molecule has 0 N–H and O–H groups in total. The van der Waals surface area contributed by atoms with Crippen molar-refractivity contribution in [2.45, 2.75) is 27.2 Å². The highest BCUT2D eigenvalue weighted by molar-refractivity contribution is 8.18. The van der Waals surface area contributed by atoms with E-state index in [0.29, 0.717) is 21.9 Å². The molecule has 2 rings (SSSR count). The number of rotatable bonds is 5. The van der Waals surface area contributed by atoms with Gasteiger partial charge in [0, 0.05) is 4.91 Å². The van der Waals surface area contributed by atoms with Gasteiger partial charge in [-0.2, -0.15) is 13.7 Å². The van der Waals surface area contributed by atoms with E-state index in [-0.39, 0.29) is 5.75 Å². The number of benzene rings is 1. The smallest absolute Gasteiger partial charge is 0.267 e. The van der Waals surface area contributed by atoms with Crippen LogP contribution in [0, 0.1) is 11.3 Å². The number of oxime groups is 1. The molecule has 1 aromatic carbocycles. The van der Waals surface area contributed by atoms with Gasteiger partial charge in [-0.05, 0) is 24.1 Å². The number of thioether (sulfide) groups is 1. The van der Waals surface area contributed by atoms with Crippen LogP contribution in [0.2, 0.25) is 0 Å². The highest BCUT2D eigenvalue weighted by Crippen LogP contribution is 2.33. The fourth-order valence-electron chi connectivity index (χ4n) is 1.76. The van der Waals surface area contributed by atoms with E-state index >= 15 is 0 Å². The first-order valence-corrected chi connectivity index (χ1v) is 10.00. The van der Waals surface area contributed by atoms with E-state index in [1.165, 1.54) is 11.8 Å². The molecule has 0 radical (unpaired) electrons. The van der Waals surface area contributed by atoms with Gasteiger partial charge in [0.05, 0.1) is 11.3 Å². The fraction of sp³-hybridized carbons (Fsp3) is 0.294. The number of nitriles is 1. The molecule has 1 aromatic rings. The van der Waals surface area contributed by atoms with E-state index in [0.717, 1.165) is 5.56 Å². The summed E-state index contributed by atoms with van der Waals surface area (Å²) in [5.74, 6) is -0.0751. The topological polar surface area (TPSA) is 79.5 Å². The molecular weight excluding hydrogens is 344 g/mol. The monoisotopic (exact) mass is 364 g/mol. The zero-order valence-electron chi connectivity index (χ0n) is 13.9. The van der Waals surface area contributed by atoms with E-state index in [1.807, 2.05) is 44.2 Å². The van der Waals surface area contributed by atoms with Crippen LogP contribution >= 0.6 is 11.8 Å². The van der Waals surface area contributed by atoms with Gasteiger partial charge >= 0.3 is 10.1 Å². The Kier molecular flexibility index (Phi) is 8.30. The van der Waals surface area contributed by atoms with Crippen molar-refractivity contribution in [2.75, 3.05) is 5.75 Å². The third kappa shape index (κ3) is 5.87. The summed E-state index contributed by atoms with van der Waals surface area (Å²) in [7, 11) is -3.63. The van der Waals surface area contributed by atoms with Crippen molar-refractivity contribution in [2.24, 2.45) is 5.16 Å². The summed E-state index contributed by atoms with van der Waals surface area (Å²) in [5.41, 5.74) is 1.32. The lowest BCUT2D eigenvalue weighted by Gasteiger charge is -2.02. The van der Waals surface area contributed by atoms with Gasteiger partial charge in [0.15, 0.2) is 0 Å². The first-order valence-electron chi connectivity index (χ1n) is 7.61. The molecule has 24 heavy (non-hydrogen) atoms. The Labute approximate surface area is 147 Å². The van der Waals surface area contributed by atoms with E-state index in [1.54, 1.807) is 19.1 Å². The number of hydrogen-bond acceptors (Lipinski definition) is 6. The average Bonchev–Trinajstić information content (AvgIpc) is 3.05. The molecule has 128 valence electrons. The lowest BCUT2D eigenvalue weighted by atomic mass is 10.1. The average molecular weight is 364 g/mol. The minimum Gasteiger partial charge on any atom is -0.267 e. The Hall–Kier alpha value is -2.04. The van der Waals surface area contributed by atoms with Crippen LogP contribution in [0.1, 0.15) is 32.8 Å². The Balaban J connectivity index is 0.00000139. The lowest BCUT2D eigenvalue weighted by molar-refractivity contribution is 0.340. The molecule has 0 atom stereocenters. The maximum atomic E-state index is 11.5. The van der Waals surface area contributed by atoms with Gasteiger partial charge in [0.25, 0.3) is 0 Å². The van der Waals surface area contributed by atoms with Gasteiger partial charge in [0.2, 0.25) is 0 Å². The summed E-state index contributed by atoms with van der Waals surface area (Å²) in [6, 6.07) is 11.4. The van der Waals surface area contributed by atoms with Crippen molar-refractivity contribution in [3.63, 3.8) is 0 Å². The van der Waals surface area contributed by atoms with E-state index in [9.17, 15) is 13.7 Å². The minimum absolute atomic E-state index is 0.0751. The fourth-order valence-corrected chi connectivity index (χ4v) is 3.41. The second kappa shape index (κ2) is 9.96. The van der Waals surface area contributed by atoms with Crippen LogP contribution in [0.4, 0.5) is 0 Å². The summed E-state index contributed by atoms with van der Waals surface area (Å²) in [5, 5.41) is 13.4. The quantitative estimate of drug-likeness (QED) is 0.574. The van der Waals surface area contributed by atoms with Crippen molar-refractivity contribution in [3.8, 4) is 6.07 Å². The molecule has 5 nitrogen and oxygen atoms in total. The van der Waals surface area contributed by atoms with Crippen LogP contribution in [0.15, 0.2) is 52.5 Å². The summed E-state index contributed by atoms with van der Waals surface area (Å²) >= 11 is 1.20. The summed E-state index contributed by atoms with van der Waals surface area (Å²) in [6.45, 7) is 5.75. The van der Waals surface area contributed by atoms with Crippen LogP contribution in [-0.2, 0) is 14.4 Å². The predicted octanol–water partition coefficient (Wildman–Crippen LogP) is 4.32. The molecule has 0 bridgehead atoms. The van der Waals surface area contributed by atoms with Gasteiger partial charge in [-0.25, -0.2) is 0 Å². The number of nitrogens with zero attached hydrogens (tertiary/aromatic N) is 2. The predicted molar refractivity (Wildman–Crippen MR) is 99.7 cm³/mol. The molecule has 0 aliphatic carbocycles. The first-order chi connectivity index (χ1) is 11.6. The third-order valence-electron chi connectivity index (χ3n) is 2.71. The van der Waals surface area contributed by atoms with Crippen molar-refractivity contribution in [1.29, 1.82) is 5.26 Å². The van der Waals surface area contributed by atoms with Crippen LogP contribution < -0.4 is 0 Å². The Morgan fingerprint density at radius 3 is 2.50 bits per heavy atom. The largest absolute Gasteiger partial charge is 0.328 e. The number of allylic oxidation sites excluding steroid dienone is 2. The Morgan fingerprint density at radius 2 is 1.92 bits per heavy atom. The molecule has 7 heteroatoms. The maximum absolute atomic E-state index is 11.5. The normalized spacial score (nSPS) is 17.0. The third-order valence-corrected chi connectivity index (χ3v) is 4.90. The molecule has 0 fully saturated rings. The maximum Gasteiger partial charge on any atom is 0.328 e. The second-order valence-corrected chi connectivity index (χ2v) is 7.15. The van der Waals surface area contributed by atoms with Crippen molar-refractivity contribution in [3.05, 3.63) is 53.0 Å². The van der Waals surface area contributed by atoms with Gasteiger partial charge in [-0.1, -0.05) is 68.0 Å². The molecule has 0 spiro atoms. The molecule has 0 saturated carbocycles. The molecule has 0 amide bonds.